The molecule has 22 heavy (non-hydrogen) atoms. The van der Waals surface area contributed by atoms with E-state index in [1.54, 1.807) is 30.3 Å². The number of hydrogen-bond acceptors (Lipinski definition) is 5. The number of hydrogen-bond donors (Lipinski definition) is 1. The zero-order chi connectivity index (χ0) is 16.1. The molecule has 0 aliphatic carbocycles. The predicted octanol–water partition coefficient (Wildman–Crippen LogP) is 1.98. The molecule has 2 rings (SSSR count). The van der Waals surface area contributed by atoms with Crippen LogP contribution in [0.5, 0.6) is 5.75 Å². The van der Waals surface area contributed by atoms with Crippen molar-refractivity contribution in [3.63, 3.8) is 0 Å². The van der Waals surface area contributed by atoms with Crippen molar-refractivity contribution in [3.05, 3.63) is 34.7 Å². The van der Waals surface area contributed by atoms with Gasteiger partial charge >= 0.3 is 5.97 Å². The van der Waals surface area contributed by atoms with E-state index in [4.69, 9.17) is 28.5 Å². The van der Waals surface area contributed by atoms with Gasteiger partial charge in [-0.25, -0.2) is 0 Å². The second-order valence-electron chi connectivity index (χ2n) is 4.22. The summed E-state index contributed by atoms with van der Waals surface area (Å²) in [7, 11) is 0. The molecule has 7 heteroatoms. The molecule has 1 N–H and O–H groups in total. The maximum absolute atomic E-state index is 12.1. The van der Waals surface area contributed by atoms with Crippen LogP contribution >= 0.6 is 24.0 Å². The van der Waals surface area contributed by atoms with Crippen molar-refractivity contribution in [2.75, 3.05) is 13.2 Å². The number of carbonyl (C=O) groups excluding carboxylic acids is 1. The third kappa shape index (κ3) is 3.87. The fraction of sp³-hybridized carbons (Fsp3) is 0.133. The number of carbonyl (C=O) groups is 2. The molecular weight excluding hydrogens is 322 g/mol. The van der Waals surface area contributed by atoms with Gasteiger partial charge in [-0.05, 0) is 23.8 Å². The van der Waals surface area contributed by atoms with Gasteiger partial charge in [0.25, 0.3) is 5.91 Å². The van der Waals surface area contributed by atoms with E-state index in [9.17, 15) is 9.59 Å². The number of carboxylic acids is 1. The monoisotopic (exact) mass is 333 g/mol. The van der Waals surface area contributed by atoms with E-state index < -0.39 is 18.4 Å². The van der Waals surface area contributed by atoms with Crippen molar-refractivity contribution in [2.24, 2.45) is 0 Å². The maximum Gasteiger partial charge on any atom is 0.323 e. The lowest BCUT2D eigenvalue weighted by molar-refractivity contribution is -0.140. The fourth-order valence-electron chi connectivity index (χ4n) is 1.71. The van der Waals surface area contributed by atoms with Crippen LogP contribution in [0.3, 0.4) is 0 Å². The molecule has 0 atom stereocenters. The standard InChI is InChI=1S/C15H11NO4S2/c1-2-7-20-11-5-3-10(4-6-11)8-12-14(19)16(9-13(17)18)15(21)22-12/h1,3-6,8H,7,9H2,(H,17,18). The molecule has 1 heterocycles. The van der Waals surface area contributed by atoms with Crippen molar-refractivity contribution in [1.82, 2.24) is 4.90 Å². The summed E-state index contributed by atoms with van der Waals surface area (Å²) in [6, 6.07) is 7.02. The van der Waals surface area contributed by atoms with Gasteiger partial charge in [-0.1, -0.05) is 42.0 Å². The average Bonchev–Trinajstić information content (AvgIpc) is 2.74. The Labute approximate surface area is 136 Å². The first-order valence-electron chi connectivity index (χ1n) is 6.14. The number of carboxylic acid groups (broad SMARTS) is 1. The topological polar surface area (TPSA) is 66.8 Å². The Morgan fingerprint density at radius 3 is 2.73 bits per heavy atom. The fourth-order valence-corrected chi connectivity index (χ4v) is 2.96. The largest absolute Gasteiger partial charge is 0.481 e. The normalized spacial score (nSPS) is 16.0. The minimum absolute atomic E-state index is 0.188. The number of ether oxygens (including phenoxy) is 1. The zero-order valence-electron chi connectivity index (χ0n) is 11.3. The van der Waals surface area contributed by atoms with Crippen LogP contribution in [0.2, 0.25) is 0 Å². The Bertz CT molecular complexity index is 688. The Morgan fingerprint density at radius 1 is 1.45 bits per heavy atom. The SMILES string of the molecule is C#CCOc1ccc(C=C2SC(=S)N(CC(=O)O)C2=O)cc1. The van der Waals surface area contributed by atoms with Gasteiger partial charge in [-0.3, -0.25) is 14.5 Å². The first-order valence-corrected chi connectivity index (χ1v) is 7.37. The Morgan fingerprint density at radius 2 is 2.14 bits per heavy atom. The average molecular weight is 333 g/mol. The molecule has 0 saturated carbocycles. The number of nitrogens with zero attached hydrogens (tertiary/aromatic N) is 1. The highest BCUT2D eigenvalue weighted by Crippen LogP contribution is 2.32. The summed E-state index contributed by atoms with van der Waals surface area (Å²) in [5.41, 5.74) is 0.781. The molecule has 112 valence electrons. The molecular formula is C15H11NO4S2. The van der Waals surface area contributed by atoms with Gasteiger partial charge in [-0.2, -0.15) is 0 Å². The summed E-state index contributed by atoms with van der Waals surface area (Å²) in [5.74, 6) is 1.50. The van der Waals surface area contributed by atoms with E-state index in [2.05, 4.69) is 5.92 Å². The first kappa shape index (κ1) is 16.1. The van der Waals surface area contributed by atoms with E-state index in [0.29, 0.717) is 10.7 Å². The summed E-state index contributed by atoms with van der Waals surface area (Å²) in [6.07, 6.45) is 6.77. The molecule has 0 aromatic heterocycles. The lowest BCUT2D eigenvalue weighted by atomic mass is 10.2. The van der Waals surface area contributed by atoms with Gasteiger partial charge in [0.2, 0.25) is 0 Å². The van der Waals surface area contributed by atoms with Crippen LogP contribution in [0.25, 0.3) is 6.08 Å². The van der Waals surface area contributed by atoms with Crippen LogP contribution in [-0.4, -0.2) is 39.4 Å². The maximum atomic E-state index is 12.1. The van der Waals surface area contributed by atoms with Crippen molar-refractivity contribution >= 4 is 46.3 Å². The number of amides is 1. The Balaban J connectivity index is 2.13. The number of thioether (sulfide) groups is 1. The van der Waals surface area contributed by atoms with Crippen molar-refractivity contribution in [2.45, 2.75) is 0 Å². The third-order valence-electron chi connectivity index (χ3n) is 2.67. The summed E-state index contributed by atoms with van der Waals surface area (Å²) in [5, 5.41) is 8.78. The molecule has 1 amide bonds. The second-order valence-corrected chi connectivity index (χ2v) is 5.90. The van der Waals surface area contributed by atoms with E-state index >= 15 is 0 Å². The van der Waals surface area contributed by atoms with Gasteiger partial charge in [0.15, 0.2) is 0 Å². The lowest BCUT2D eigenvalue weighted by Gasteiger charge is -2.10. The minimum atomic E-state index is -1.10. The van der Waals surface area contributed by atoms with Crippen LogP contribution in [-0.2, 0) is 9.59 Å². The molecule has 5 nitrogen and oxygen atoms in total. The Kier molecular flexibility index (Phi) is 5.20. The second kappa shape index (κ2) is 7.11. The summed E-state index contributed by atoms with van der Waals surface area (Å²) in [4.78, 5) is 24.3. The molecule has 1 aliphatic heterocycles. The molecule has 0 bridgehead atoms. The highest BCUT2D eigenvalue weighted by molar-refractivity contribution is 8.26. The van der Waals surface area contributed by atoms with Crippen LogP contribution in [0, 0.1) is 12.3 Å². The third-order valence-corrected chi connectivity index (χ3v) is 4.04. The van der Waals surface area contributed by atoms with Crippen molar-refractivity contribution < 1.29 is 19.4 Å². The summed E-state index contributed by atoms with van der Waals surface area (Å²) in [6.45, 7) is -0.242. The van der Waals surface area contributed by atoms with Crippen molar-refractivity contribution in [3.8, 4) is 18.1 Å². The Hall–Kier alpha value is -2.30. The minimum Gasteiger partial charge on any atom is -0.481 e. The molecule has 1 fully saturated rings. The number of aliphatic carboxylic acids is 1. The molecule has 0 spiro atoms. The first-order chi connectivity index (χ1) is 10.5. The summed E-state index contributed by atoms with van der Waals surface area (Å²) < 4.78 is 5.50. The van der Waals surface area contributed by atoms with Gasteiger partial charge in [0, 0.05) is 0 Å². The zero-order valence-corrected chi connectivity index (χ0v) is 12.9. The van der Waals surface area contributed by atoms with Gasteiger partial charge in [0.1, 0.15) is 23.2 Å². The molecule has 1 aromatic carbocycles. The quantitative estimate of drug-likeness (QED) is 0.505. The molecule has 1 aliphatic rings. The van der Waals surface area contributed by atoms with Crippen LogP contribution in [0.4, 0.5) is 0 Å². The van der Waals surface area contributed by atoms with Crippen molar-refractivity contribution in [1.29, 1.82) is 0 Å². The van der Waals surface area contributed by atoms with Gasteiger partial charge in [-0.15, -0.1) is 6.42 Å². The van der Waals surface area contributed by atoms with Crippen LogP contribution in [0.15, 0.2) is 29.2 Å². The molecule has 0 radical (unpaired) electrons. The molecule has 0 unspecified atom stereocenters. The number of rotatable bonds is 5. The highest BCUT2D eigenvalue weighted by Gasteiger charge is 2.33. The van der Waals surface area contributed by atoms with Crippen LogP contribution in [0.1, 0.15) is 5.56 Å². The number of terminal acetylenes is 1. The predicted molar refractivity (Wildman–Crippen MR) is 88.3 cm³/mol. The number of thiocarbonyl (C=S) groups is 1. The summed E-state index contributed by atoms with van der Waals surface area (Å²) >= 11 is 6.11. The number of benzene rings is 1. The van der Waals surface area contributed by atoms with Crippen LogP contribution < -0.4 is 4.74 Å². The smallest absolute Gasteiger partial charge is 0.323 e. The molecule has 1 saturated heterocycles. The molecule has 1 aromatic rings. The van der Waals surface area contributed by atoms with E-state index in [0.717, 1.165) is 22.2 Å². The van der Waals surface area contributed by atoms with E-state index in [-0.39, 0.29) is 10.9 Å². The van der Waals surface area contributed by atoms with E-state index in [1.807, 2.05) is 0 Å². The lowest BCUT2D eigenvalue weighted by Crippen LogP contribution is -2.33. The van der Waals surface area contributed by atoms with E-state index in [1.165, 1.54) is 0 Å². The van der Waals surface area contributed by atoms with Gasteiger partial charge < -0.3 is 9.84 Å². The highest BCUT2D eigenvalue weighted by atomic mass is 32.2. The van der Waals surface area contributed by atoms with Gasteiger partial charge in [0.05, 0.1) is 4.91 Å².